The van der Waals surface area contributed by atoms with Crippen LogP contribution in [0, 0.1) is 10.1 Å². The summed E-state index contributed by atoms with van der Waals surface area (Å²) in [6.45, 7) is 6.82. The third kappa shape index (κ3) is 5.97. The standard InChI is InChI=1S/C21H26N2O5/c1-21(2,3)15-7-9-16(10-8-15)28-13-5-6-20(24)22-18-12-11-17(27-4)14-19(18)23(25)26/h7-12,14H,5-6,13H2,1-4H3,(H,22,24). The monoisotopic (exact) mass is 386 g/mol. The molecule has 0 aliphatic carbocycles. The second kappa shape index (κ2) is 9.21. The van der Waals surface area contributed by atoms with Crippen LogP contribution in [0.1, 0.15) is 39.2 Å². The molecule has 1 N–H and O–H groups in total. The van der Waals surface area contributed by atoms with Crippen LogP contribution in [0.3, 0.4) is 0 Å². The van der Waals surface area contributed by atoms with Crippen LogP contribution < -0.4 is 14.8 Å². The zero-order chi connectivity index (χ0) is 20.7. The zero-order valence-corrected chi connectivity index (χ0v) is 16.7. The molecule has 1 amide bonds. The molecular weight excluding hydrogens is 360 g/mol. The first-order valence-electron chi connectivity index (χ1n) is 9.06. The van der Waals surface area contributed by atoms with Crippen LogP contribution in [0.25, 0.3) is 0 Å². The second-order valence-corrected chi connectivity index (χ2v) is 7.41. The smallest absolute Gasteiger partial charge is 0.296 e. The van der Waals surface area contributed by atoms with E-state index in [-0.39, 0.29) is 29.1 Å². The van der Waals surface area contributed by atoms with Crippen molar-refractivity contribution in [3.05, 3.63) is 58.1 Å². The maximum atomic E-state index is 12.1. The van der Waals surface area contributed by atoms with E-state index in [9.17, 15) is 14.9 Å². The van der Waals surface area contributed by atoms with Gasteiger partial charge < -0.3 is 14.8 Å². The molecule has 0 heterocycles. The number of methoxy groups -OCH3 is 1. The van der Waals surface area contributed by atoms with Crippen molar-refractivity contribution in [2.45, 2.75) is 39.0 Å². The molecule has 0 saturated heterocycles. The number of hydrogen-bond acceptors (Lipinski definition) is 5. The highest BCUT2D eigenvalue weighted by atomic mass is 16.6. The van der Waals surface area contributed by atoms with E-state index in [0.29, 0.717) is 18.8 Å². The summed E-state index contributed by atoms with van der Waals surface area (Å²) in [5.41, 5.74) is 1.25. The Bertz CT molecular complexity index is 826. The van der Waals surface area contributed by atoms with Gasteiger partial charge in [0.2, 0.25) is 5.91 Å². The molecule has 0 bridgehead atoms. The molecule has 0 saturated carbocycles. The summed E-state index contributed by atoms with van der Waals surface area (Å²) < 4.78 is 10.6. The number of nitro benzene ring substituents is 1. The Hall–Kier alpha value is -3.09. The number of nitrogens with zero attached hydrogens (tertiary/aromatic N) is 1. The maximum absolute atomic E-state index is 12.1. The number of carbonyl (C=O) groups is 1. The first-order chi connectivity index (χ1) is 13.2. The third-order valence-corrected chi connectivity index (χ3v) is 4.21. The molecule has 2 aromatic carbocycles. The largest absolute Gasteiger partial charge is 0.496 e. The Balaban J connectivity index is 1.83. The van der Waals surface area contributed by atoms with Crippen LogP contribution >= 0.6 is 0 Å². The van der Waals surface area contributed by atoms with Gasteiger partial charge in [-0.3, -0.25) is 14.9 Å². The van der Waals surface area contributed by atoms with E-state index in [0.717, 1.165) is 5.75 Å². The van der Waals surface area contributed by atoms with E-state index in [1.807, 2.05) is 24.3 Å². The average molecular weight is 386 g/mol. The van der Waals surface area contributed by atoms with Crippen LogP contribution in [0.5, 0.6) is 11.5 Å². The lowest BCUT2D eigenvalue weighted by atomic mass is 9.87. The Morgan fingerprint density at radius 2 is 1.75 bits per heavy atom. The van der Waals surface area contributed by atoms with E-state index in [1.54, 1.807) is 6.07 Å². The van der Waals surface area contributed by atoms with Crippen LogP contribution in [-0.4, -0.2) is 24.5 Å². The van der Waals surface area contributed by atoms with Gasteiger partial charge in [-0.05, 0) is 41.7 Å². The first-order valence-corrected chi connectivity index (χ1v) is 9.06. The van der Waals surface area contributed by atoms with Crippen molar-refractivity contribution in [3.63, 3.8) is 0 Å². The van der Waals surface area contributed by atoms with Gasteiger partial charge in [0, 0.05) is 6.42 Å². The molecule has 0 aromatic heterocycles. The molecule has 0 aliphatic rings. The zero-order valence-electron chi connectivity index (χ0n) is 16.7. The second-order valence-electron chi connectivity index (χ2n) is 7.41. The van der Waals surface area contributed by atoms with Crippen molar-refractivity contribution < 1.29 is 19.2 Å². The fraction of sp³-hybridized carbons (Fsp3) is 0.381. The summed E-state index contributed by atoms with van der Waals surface area (Å²) in [4.78, 5) is 22.7. The van der Waals surface area contributed by atoms with E-state index in [1.165, 1.54) is 24.8 Å². The summed E-state index contributed by atoms with van der Waals surface area (Å²) >= 11 is 0. The lowest BCUT2D eigenvalue weighted by Crippen LogP contribution is -2.14. The highest BCUT2D eigenvalue weighted by Gasteiger charge is 2.17. The van der Waals surface area contributed by atoms with Crippen molar-refractivity contribution in [2.75, 3.05) is 19.0 Å². The molecule has 0 aliphatic heterocycles. The summed E-state index contributed by atoms with van der Waals surface area (Å²) in [5, 5.41) is 13.7. The summed E-state index contributed by atoms with van der Waals surface area (Å²) in [6, 6.07) is 12.2. The van der Waals surface area contributed by atoms with E-state index in [4.69, 9.17) is 9.47 Å². The Morgan fingerprint density at radius 1 is 1.11 bits per heavy atom. The van der Waals surface area contributed by atoms with Gasteiger partial charge >= 0.3 is 0 Å². The van der Waals surface area contributed by atoms with Crippen LogP contribution in [0.4, 0.5) is 11.4 Å². The molecule has 0 unspecified atom stereocenters. The maximum Gasteiger partial charge on any atom is 0.296 e. The lowest BCUT2D eigenvalue weighted by Gasteiger charge is -2.19. The van der Waals surface area contributed by atoms with Gasteiger partial charge in [0.15, 0.2) is 0 Å². The Morgan fingerprint density at radius 3 is 2.32 bits per heavy atom. The first kappa shape index (κ1) is 21.2. The quantitative estimate of drug-likeness (QED) is 0.403. The minimum Gasteiger partial charge on any atom is -0.496 e. The Kier molecular flexibility index (Phi) is 6.98. The van der Waals surface area contributed by atoms with Crippen LogP contribution in [-0.2, 0) is 10.2 Å². The summed E-state index contributed by atoms with van der Waals surface area (Å²) in [7, 11) is 1.42. The molecule has 0 fully saturated rings. The van der Waals surface area contributed by atoms with Gasteiger partial charge in [-0.25, -0.2) is 0 Å². The van der Waals surface area contributed by atoms with Crippen molar-refractivity contribution in [1.29, 1.82) is 0 Å². The van der Waals surface area contributed by atoms with Crippen molar-refractivity contribution in [1.82, 2.24) is 0 Å². The lowest BCUT2D eigenvalue weighted by molar-refractivity contribution is -0.384. The van der Waals surface area contributed by atoms with Crippen LogP contribution in [0.15, 0.2) is 42.5 Å². The van der Waals surface area contributed by atoms with Crippen LogP contribution in [0.2, 0.25) is 0 Å². The van der Waals surface area contributed by atoms with E-state index >= 15 is 0 Å². The molecule has 7 heteroatoms. The van der Waals surface area contributed by atoms with Gasteiger partial charge in [0.1, 0.15) is 17.2 Å². The third-order valence-electron chi connectivity index (χ3n) is 4.21. The minimum absolute atomic E-state index is 0.0840. The molecule has 0 atom stereocenters. The fourth-order valence-electron chi connectivity index (χ4n) is 2.58. The summed E-state index contributed by atoms with van der Waals surface area (Å²) in [5.74, 6) is 0.801. The number of rotatable bonds is 8. The minimum atomic E-state index is -0.553. The number of hydrogen-bond donors (Lipinski definition) is 1. The number of nitrogens with one attached hydrogen (secondary N) is 1. The van der Waals surface area contributed by atoms with Crippen molar-refractivity contribution in [2.24, 2.45) is 0 Å². The molecule has 0 radical (unpaired) electrons. The predicted octanol–water partition coefficient (Wildman–Crippen LogP) is 4.70. The number of carbonyl (C=O) groups excluding carboxylic acids is 1. The van der Waals surface area contributed by atoms with Gasteiger partial charge in [-0.1, -0.05) is 32.9 Å². The molecule has 2 aromatic rings. The SMILES string of the molecule is COc1ccc(NC(=O)CCCOc2ccc(C(C)(C)C)cc2)c([N+](=O)[O-])c1. The predicted molar refractivity (Wildman–Crippen MR) is 108 cm³/mol. The highest BCUT2D eigenvalue weighted by Crippen LogP contribution is 2.29. The van der Waals surface area contributed by atoms with E-state index in [2.05, 4.69) is 26.1 Å². The molecule has 150 valence electrons. The summed E-state index contributed by atoms with van der Waals surface area (Å²) in [6.07, 6.45) is 0.695. The molecule has 2 rings (SSSR count). The fourth-order valence-corrected chi connectivity index (χ4v) is 2.58. The number of ether oxygens (including phenoxy) is 2. The number of anilines is 1. The highest BCUT2D eigenvalue weighted by molar-refractivity contribution is 5.93. The average Bonchev–Trinajstić information content (AvgIpc) is 2.65. The number of nitro groups is 1. The van der Waals surface area contributed by atoms with Gasteiger partial charge in [0.05, 0.1) is 24.7 Å². The van der Waals surface area contributed by atoms with Gasteiger partial charge in [0.25, 0.3) is 5.69 Å². The topological polar surface area (TPSA) is 90.7 Å². The molecule has 7 nitrogen and oxygen atoms in total. The van der Waals surface area contributed by atoms with Gasteiger partial charge in [-0.15, -0.1) is 0 Å². The normalized spacial score (nSPS) is 11.0. The van der Waals surface area contributed by atoms with Crippen molar-refractivity contribution >= 4 is 17.3 Å². The number of benzene rings is 2. The van der Waals surface area contributed by atoms with Crippen molar-refractivity contribution in [3.8, 4) is 11.5 Å². The molecular formula is C21H26N2O5. The Labute approximate surface area is 164 Å². The van der Waals surface area contributed by atoms with Gasteiger partial charge in [-0.2, -0.15) is 0 Å². The van der Waals surface area contributed by atoms with E-state index < -0.39 is 4.92 Å². The number of amides is 1. The molecule has 28 heavy (non-hydrogen) atoms. The molecule has 0 spiro atoms.